The lowest BCUT2D eigenvalue weighted by molar-refractivity contribution is 0.0922. The Bertz CT molecular complexity index is 1380. The average molecular weight is 547 g/mol. The van der Waals surface area contributed by atoms with Gasteiger partial charge in [0, 0.05) is 47.1 Å². The lowest BCUT2D eigenvalue weighted by Gasteiger charge is -2.40. The Labute approximate surface area is 233 Å². The minimum atomic E-state index is -0.524. The summed E-state index contributed by atoms with van der Waals surface area (Å²) < 4.78 is 24.9. The molecule has 2 fully saturated rings. The van der Waals surface area contributed by atoms with Crippen molar-refractivity contribution in [3.8, 4) is 11.5 Å². The van der Waals surface area contributed by atoms with Crippen molar-refractivity contribution in [2.24, 2.45) is 0 Å². The fourth-order valence-corrected chi connectivity index (χ4v) is 6.03. The molecule has 1 unspecified atom stereocenters. The number of carbonyl (C=O) groups excluding carboxylic acids is 2. The van der Waals surface area contributed by atoms with Gasteiger partial charge in [0.2, 0.25) is 0 Å². The van der Waals surface area contributed by atoms with Crippen LogP contribution in [0.4, 0.5) is 10.2 Å². The molecule has 2 saturated heterocycles. The summed E-state index contributed by atoms with van der Waals surface area (Å²) in [5.41, 5.74) is 2.26. The van der Waals surface area contributed by atoms with Crippen LogP contribution in [0.1, 0.15) is 70.5 Å². The molecule has 4 atom stereocenters. The topological polar surface area (TPSA) is 92.8 Å². The molecule has 210 valence electrons. The second-order valence-electron chi connectivity index (χ2n) is 10.6. The fourth-order valence-electron chi connectivity index (χ4n) is 6.03. The first-order valence-corrected chi connectivity index (χ1v) is 13.6. The van der Waals surface area contributed by atoms with Crippen LogP contribution in [0.3, 0.4) is 0 Å². The van der Waals surface area contributed by atoms with Crippen LogP contribution in [-0.2, 0) is 0 Å². The van der Waals surface area contributed by atoms with Gasteiger partial charge < -0.3 is 25.0 Å². The molecule has 2 bridgehead atoms. The second kappa shape index (κ2) is 11.5. The maximum Gasteiger partial charge on any atom is 0.253 e. The number of fused-ring (bicyclic) bond motifs is 2. The van der Waals surface area contributed by atoms with Crippen LogP contribution in [0.15, 0.2) is 54.7 Å². The second-order valence-corrected chi connectivity index (χ2v) is 10.6. The van der Waals surface area contributed by atoms with Crippen molar-refractivity contribution in [3.05, 3.63) is 82.8 Å². The van der Waals surface area contributed by atoms with Gasteiger partial charge >= 0.3 is 0 Å². The molecule has 2 aromatic carbocycles. The highest BCUT2D eigenvalue weighted by molar-refractivity contribution is 5.96. The molecule has 0 spiro atoms. The van der Waals surface area contributed by atoms with Gasteiger partial charge in [-0.2, -0.15) is 0 Å². The molecule has 9 heteroatoms. The van der Waals surface area contributed by atoms with Crippen LogP contribution < -0.4 is 25.0 Å². The minimum absolute atomic E-state index is 0.0773. The van der Waals surface area contributed by atoms with Crippen LogP contribution in [0.5, 0.6) is 11.5 Å². The van der Waals surface area contributed by atoms with Gasteiger partial charge in [-0.25, -0.2) is 9.37 Å². The third-order valence-corrected chi connectivity index (χ3v) is 8.11. The molecule has 2 aliphatic heterocycles. The Kier molecular flexibility index (Phi) is 7.91. The molecule has 5 rings (SSSR count). The Morgan fingerprint density at radius 2 is 1.77 bits per heavy atom. The van der Waals surface area contributed by atoms with Gasteiger partial charge in [-0.15, -0.1) is 0 Å². The number of ether oxygens (including phenoxy) is 2. The summed E-state index contributed by atoms with van der Waals surface area (Å²) in [5, 5.41) is 6.08. The number of halogens is 1. The van der Waals surface area contributed by atoms with Crippen LogP contribution in [0.25, 0.3) is 0 Å². The standard InChI is InChI=1S/C31H35FN4O4/c1-18-25(6-5-7-28(18)40-4)31(38)35-21-14-22-9-10-23(15-21)36(22)29-13-8-20(17-33-29)30(37)34-19(2)26-12-11-24(39-3)16-27(26)32/h5-8,11-13,16-17,19,21-23H,9-10,14-15H2,1-4H3,(H,34,37)(H,35,38)/t19-,21?,22-,23+/m0/s1. The lowest BCUT2D eigenvalue weighted by atomic mass is 9.96. The summed E-state index contributed by atoms with van der Waals surface area (Å²) in [4.78, 5) is 32.9. The van der Waals surface area contributed by atoms with Crippen molar-refractivity contribution in [3.63, 3.8) is 0 Å². The number of piperidine rings is 1. The Hall–Kier alpha value is -4.14. The normalized spacial score (nSPS) is 20.5. The maximum atomic E-state index is 14.4. The molecule has 1 aromatic heterocycles. The van der Waals surface area contributed by atoms with Crippen molar-refractivity contribution in [1.82, 2.24) is 15.6 Å². The van der Waals surface area contributed by atoms with Gasteiger partial charge in [-0.05, 0) is 69.9 Å². The summed E-state index contributed by atoms with van der Waals surface area (Å²) in [7, 11) is 3.08. The van der Waals surface area contributed by atoms with E-state index >= 15 is 0 Å². The van der Waals surface area contributed by atoms with Crippen LogP contribution in [0, 0.1) is 12.7 Å². The zero-order valence-electron chi connectivity index (χ0n) is 23.2. The Morgan fingerprint density at radius 3 is 2.40 bits per heavy atom. The summed E-state index contributed by atoms with van der Waals surface area (Å²) in [6.07, 6.45) is 5.30. The summed E-state index contributed by atoms with van der Waals surface area (Å²) >= 11 is 0. The first kappa shape index (κ1) is 27.4. The molecular formula is C31H35FN4O4. The first-order valence-electron chi connectivity index (χ1n) is 13.6. The number of benzene rings is 2. The van der Waals surface area contributed by atoms with E-state index in [4.69, 9.17) is 9.47 Å². The number of anilines is 1. The highest BCUT2D eigenvalue weighted by Crippen LogP contribution is 2.39. The lowest BCUT2D eigenvalue weighted by Crippen LogP contribution is -2.50. The Morgan fingerprint density at radius 1 is 1.02 bits per heavy atom. The number of rotatable bonds is 8. The van der Waals surface area contributed by atoms with Crippen molar-refractivity contribution >= 4 is 17.6 Å². The molecular weight excluding hydrogens is 511 g/mol. The number of pyridine rings is 1. The van der Waals surface area contributed by atoms with E-state index in [1.54, 1.807) is 38.4 Å². The number of hydrogen-bond acceptors (Lipinski definition) is 6. The van der Waals surface area contributed by atoms with E-state index in [0.717, 1.165) is 37.1 Å². The number of methoxy groups -OCH3 is 2. The van der Waals surface area contributed by atoms with Crippen molar-refractivity contribution in [1.29, 1.82) is 0 Å². The van der Waals surface area contributed by atoms with Gasteiger partial charge in [0.05, 0.1) is 25.8 Å². The monoisotopic (exact) mass is 546 g/mol. The largest absolute Gasteiger partial charge is 0.497 e. The van der Waals surface area contributed by atoms with E-state index in [0.29, 0.717) is 28.2 Å². The fraction of sp³-hybridized carbons (Fsp3) is 0.387. The van der Waals surface area contributed by atoms with Gasteiger partial charge in [0.1, 0.15) is 23.1 Å². The molecule has 3 heterocycles. The summed E-state index contributed by atoms with van der Waals surface area (Å²) in [6, 6.07) is 13.8. The van der Waals surface area contributed by atoms with Crippen LogP contribution >= 0.6 is 0 Å². The molecule has 0 aliphatic carbocycles. The summed E-state index contributed by atoms with van der Waals surface area (Å²) in [6.45, 7) is 3.63. The molecule has 8 nitrogen and oxygen atoms in total. The molecule has 2 N–H and O–H groups in total. The van der Waals surface area contributed by atoms with E-state index in [1.165, 1.54) is 13.2 Å². The zero-order valence-corrected chi connectivity index (χ0v) is 23.2. The number of nitrogens with one attached hydrogen (secondary N) is 2. The van der Waals surface area contributed by atoms with Crippen molar-refractivity contribution in [2.45, 2.75) is 63.7 Å². The smallest absolute Gasteiger partial charge is 0.253 e. The average Bonchev–Trinajstić information content (AvgIpc) is 3.22. The summed E-state index contributed by atoms with van der Waals surface area (Å²) in [5.74, 6) is 1.12. The SMILES string of the molecule is COc1ccc([C@H](C)NC(=O)c2ccc(N3[C@@H]4CC[C@H]3CC(NC(=O)c3cccc(OC)c3C)C4)nc2)c(F)c1. The zero-order chi connectivity index (χ0) is 28.4. The van der Waals surface area contributed by atoms with Gasteiger partial charge in [0.25, 0.3) is 11.8 Å². The molecule has 40 heavy (non-hydrogen) atoms. The van der Waals surface area contributed by atoms with E-state index in [-0.39, 0.29) is 29.9 Å². The third kappa shape index (κ3) is 5.46. The molecule has 0 saturated carbocycles. The van der Waals surface area contributed by atoms with Crippen LogP contribution in [-0.4, -0.2) is 49.1 Å². The Balaban J connectivity index is 1.21. The first-order chi connectivity index (χ1) is 19.3. The van der Waals surface area contributed by atoms with E-state index in [1.807, 2.05) is 31.2 Å². The number of carbonyl (C=O) groups is 2. The van der Waals surface area contributed by atoms with Gasteiger partial charge in [-0.1, -0.05) is 12.1 Å². The molecule has 2 amide bonds. The number of amides is 2. The van der Waals surface area contributed by atoms with Gasteiger partial charge in [-0.3, -0.25) is 9.59 Å². The highest BCUT2D eigenvalue weighted by atomic mass is 19.1. The predicted octanol–water partition coefficient (Wildman–Crippen LogP) is 4.97. The van der Waals surface area contributed by atoms with Gasteiger partial charge in [0.15, 0.2) is 0 Å². The van der Waals surface area contributed by atoms with E-state index in [2.05, 4.69) is 20.5 Å². The van der Waals surface area contributed by atoms with Crippen molar-refractivity contribution < 1.29 is 23.5 Å². The number of hydrogen-bond donors (Lipinski definition) is 2. The highest BCUT2D eigenvalue weighted by Gasteiger charge is 2.42. The minimum Gasteiger partial charge on any atom is -0.497 e. The van der Waals surface area contributed by atoms with Crippen LogP contribution in [0.2, 0.25) is 0 Å². The molecule has 3 aromatic rings. The predicted molar refractivity (Wildman–Crippen MR) is 151 cm³/mol. The number of aromatic nitrogens is 1. The van der Waals surface area contributed by atoms with Crippen molar-refractivity contribution in [2.75, 3.05) is 19.1 Å². The van der Waals surface area contributed by atoms with E-state index in [9.17, 15) is 14.0 Å². The maximum absolute atomic E-state index is 14.4. The number of nitrogens with zero attached hydrogens (tertiary/aromatic N) is 2. The third-order valence-electron chi connectivity index (χ3n) is 8.11. The molecule has 0 radical (unpaired) electrons. The molecule has 2 aliphatic rings. The van der Waals surface area contributed by atoms with E-state index < -0.39 is 11.9 Å². The quantitative estimate of drug-likeness (QED) is 0.415.